The van der Waals surface area contributed by atoms with Crippen LogP contribution in [0.25, 0.3) is 11.1 Å². The highest BCUT2D eigenvalue weighted by Crippen LogP contribution is 2.22. The normalized spacial score (nSPS) is 21.5. The summed E-state index contributed by atoms with van der Waals surface area (Å²) in [5, 5.41) is 0. The van der Waals surface area contributed by atoms with Crippen LogP contribution in [0.2, 0.25) is 0 Å². The Kier molecular flexibility index (Phi) is 3.18. The van der Waals surface area contributed by atoms with Crippen LogP contribution in [-0.4, -0.2) is 34.0 Å². The first-order valence-corrected chi connectivity index (χ1v) is 7.34. The molecule has 0 aliphatic carbocycles. The third kappa shape index (κ3) is 2.33. The molecule has 1 aromatic carbocycles. The molecule has 96 valence electrons. The van der Waals surface area contributed by atoms with E-state index in [-0.39, 0.29) is 0 Å². The van der Waals surface area contributed by atoms with E-state index in [1.807, 2.05) is 30.0 Å². The van der Waals surface area contributed by atoms with E-state index in [1.54, 1.807) is 0 Å². The van der Waals surface area contributed by atoms with E-state index in [1.165, 1.54) is 11.5 Å². The fourth-order valence-electron chi connectivity index (χ4n) is 2.23. The maximum absolute atomic E-state index is 5.76. The summed E-state index contributed by atoms with van der Waals surface area (Å²) in [5.41, 5.74) is 8.12. The second-order valence-electron chi connectivity index (χ2n) is 4.73. The van der Waals surface area contributed by atoms with Crippen molar-refractivity contribution in [2.45, 2.75) is 19.5 Å². The van der Waals surface area contributed by atoms with Gasteiger partial charge in [0.15, 0.2) is 5.58 Å². The van der Waals surface area contributed by atoms with Crippen LogP contribution in [0.1, 0.15) is 12.8 Å². The molecule has 2 aromatic rings. The standard InChI is InChI=1S/C13H17N3OS/c1-9-8-18-5-4-16(9)7-13-15-11-3-2-10(14)6-12(11)17-13/h2-3,6,9H,4-5,7-8,14H2,1H3. The van der Waals surface area contributed by atoms with Crippen molar-refractivity contribution in [2.24, 2.45) is 0 Å². The molecule has 5 heteroatoms. The molecule has 4 nitrogen and oxygen atoms in total. The lowest BCUT2D eigenvalue weighted by atomic mass is 10.3. The van der Waals surface area contributed by atoms with Crippen molar-refractivity contribution >= 4 is 28.5 Å². The molecule has 2 heterocycles. The maximum atomic E-state index is 5.76. The number of nitrogens with zero attached hydrogens (tertiary/aromatic N) is 2. The summed E-state index contributed by atoms with van der Waals surface area (Å²) in [5.74, 6) is 3.17. The number of aromatic nitrogens is 1. The fraction of sp³-hybridized carbons (Fsp3) is 0.462. The molecular formula is C13H17N3OS. The summed E-state index contributed by atoms with van der Waals surface area (Å²) in [7, 11) is 0. The number of thioether (sulfide) groups is 1. The first kappa shape index (κ1) is 11.9. The predicted octanol–water partition coefficient (Wildman–Crippen LogP) is 2.35. The van der Waals surface area contributed by atoms with E-state index in [9.17, 15) is 0 Å². The van der Waals surface area contributed by atoms with Gasteiger partial charge in [0.25, 0.3) is 0 Å². The summed E-state index contributed by atoms with van der Waals surface area (Å²) in [6.07, 6.45) is 0. The zero-order chi connectivity index (χ0) is 12.5. The first-order chi connectivity index (χ1) is 8.72. The Labute approximate surface area is 111 Å². The maximum Gasteiger partial charge on any atom is 0.209 e. The van der Waals surface area contributed by atoms with Gasteiger partial charge in [-0.3, -0.25) is 4.90 Å². The summed E-state index contributed by atoms with van der Waals surface area (Å²) < 4.78 is 5.76. The van der Waals surface area contributed by atoms with E-state index in [0.717, 1.165) is 30.1 Å². The molecule has 0 radical (unpaired) electrons. The topological polar surface area (TPSA) is 55.3 Å². The quantitative estimate of drug-likeness (QED) is 0.843. The van der Waals surface area contributed by atoms with Crippen LogP contribution in [0, 0.1) is 0 Å². The molecule has 1 atom stereocenters. The SMILES string of the molecule is CC1CSCCN1Cc1nc2ccc(N)cc2o1. The summed E-state index contributed by atoms with van der Waals surface area (Å²) in [6.45, 7) is 4.15. The second kappa shape index (κ2) is 4.82. The minimum Gasteiger partial charge on any atom is -0.439 e. The number of fused-ring (bicyclic) bond motifs is 1. The van der Waals surface area contributed by atoms with E-state index >= 15 is 0 Å². The Balaban J connectivity index is 1.81. The second-order valence-corrected chi connectivity index (χ2v) is 5.88. The van der Waals surface area contributed by atoms with Gasteiger partial charge in [-0.1, -0.05) is 0 Å². The van der Waals surface area contributed by atoms with Crippen LogP contribution in [0.5, 0.6) is 0 Å². The molecule has 0 spiro atoms. The van der Waals surface area contributed by atoms with Gasteiger partial charge in [-0.25, -0.2) is 4.98 Å². The highest BCUT2D eigenvalue weighted by Gasteiger charge is 2.20. The Hall–Kier alpha value is -1.20. The third-order valence-electron chi connectivity index (χ3n) is 3.30. The molecule has 1 fully saturated rings. The van der Waals surface area contributed by atoms with Crippen LogP contribution < -0.4 is 5.73 Å². The number of rotatable bonds is 2. The Bertz CT molecular complexity index is 554. The van der Waals surface area contributed by atoms with E-state index < -0.39 is 0 Å². The number of anilines is 1. The van der Waals surface area contributed by atoms with Crippen molar-refractivity contribution in [1.29, 1.82) is 0 Å². The Morgan fingerprint density at radius 1 is 1.56 bits per heavy atom. The van der Waals surface area contributed by atoms with Crippen LogP contribution in [-0.2, 0) is 6.54 Å². The number of hydrogen-bond acceptors (Lipinski definition) is 5. The lowest BCUT2D eigenvalue weighted by Gasteiger charge is -2.31. The molecule has 18 heavy (non-hydrogen) atoms. The van der Waals surface area contributed by atoms with Gasteiger partial charge in [0.1, 0.15) is 5.52 Å². The van der Waals surface area contributed by atoms with Gasteiger partial charge in [0.05, 0.1) is 6.54 Å². The molecule has 1 saturated heterocycles. The number of oxazole rings is 1. The Morgan fingerprint density at radius 3 is 3.28 bits per heavy atom. The average molecular weight is 263 g/mol. The molecule has 0 saturated carbocycles. The first-order valence-electron chi connectivity index (χ1n) is 6.19. The van der Waals surface area contributed by atoms with Crippen LogP contribution >= 0.6 is 11.8 Å². The van der Waals surface area contributed by atoms with Gasteiger partial charge < -0.3 is 10.2 Å². The monoisotopic (exact) mass is 263 g/mol. The average Bonchev–Trinajstić information content (AvgIpc) is 2.73. The van der Waals surface area contributed by atoms with Gasteiger partial charge in [-0.05, 0) is 19.1 Å². The van der Waals surface area contributed by atoms with Crippen molar-refractivity contribution < 1.29 is 4.42 Å². The molecule has 1 aliphatic rings. The van der Waals surface area contributed by atoms with Crippen molar-refractivity contribution in [3.8, 4) is 0 Å². The summed E-state index contributed by atoms with van der Waals surface area (Å²) >= 11 is 2.02. The van der Waals surface area contributed by atoms with Crippen molar-refractivity contribution in [1.82, 2.24) is 9.88 Å². The fourth-order valence-corrected chi connectivity index (χ4v) is 3.31. The summed E-state index contributed by atoms with van der Waals surface area (Å²) in [4.78, 5) is 6.93. The smallest absolute Gasteiger partial charge is 0.209 e. The van der Waals surface area contributed by atoms with Gasteiger partial charge >= 0.3 is 0 Å². The van der Waals surface area contributed by atoms with Crippen molar-refractivity contribution in [2.75, 3.05) is 23.8 Å². The van der Waals surface area contributed by atoms with Crippen LogP contribution in [0.3, 0.4) is 0 Å². The molecule has 1 aliphatic heterocycles. The van der Waals surface area contributed by atoms with E-state index in [4.69, 9.17) is 10.2 Å². The van der Waals surface area contributed by atoms with Crippen LogP contribution in [0.4, 0.5) is 5.69 Å². The zero-order valence-corrected chi connectivity index (χ0v) is 11.2. The minimum absolute atomic E-state index is 0.587. The highest BCUT2D eigenvalue weighted by molar-refractivity contribution is 7.99. The lowest BCUT2D eigenvalue weighted by Crippen LogP contribution is -2.39. The van der Waals surface area contributed by atoms with Crippen molar-refractivity contribution in [3.63, 3.8) is 0 Å². The molecule has 0 amide bonds. The van der Waals surface area contributed by atoms with E-state index in [2.05, 4.69) is 16.8 Å². The van der Waals surface area contributed by atoms with E-state index in [0.29, 0.717) is 11.7 Å². The van der Waals surface area contributed by atoms with Gasteiger partial charge in [-0.2, -0.15) is 11.8 Å². The number of hydrogen-bond donors (Lipinski definition) is 1. The van der Waals surface area contributed by atoms with Gasteiger partial charge in [0, 0.05) is 35.8 Å². The predicted molar refractivity (Wildman–Crippen MR) is 75.6 cm³/mol. The largest absolute Gasteiger partial charge is 0.439 e. The van der Waals surface area contributed by atoms with Gasteiger partial charge in [0.2, 0.25) is 5.89 Å². The molecule has 3 rings (SSSR count). The number of nitrogen functional groups attached to an aromatic ring is 1. The van der Waals surface area contributed by atoms with Crippen molar-refractivity contribution in [3.05, 3.63) is 24.1 Å². The molecular weight excluding hydrogens is 246 g/mol. The number of nitrogens with two attached hydrogens (primary N) is 1. The van der Waals surface area contributed by atoms with Crippen LogP contribution in [0.15, 0.2) is 22.6 Å². The lowest BCUT2D eigenvalue weighted by molar-refractivity contribution is 0.204. The molecule has 1 unspecified atom stereocenters. The highest BCUT2D eigenvalue weighted by atomic mass is 32.2. The number of benzene rings is 1. The molecule has 0 bridgehead atoms. The van der Waals surface area contributed by atoms with Gasteiger partial charge in [-0.15, -0.1) is 0 Å². The molecule has 1 aromatic heterocycles. The Morgan fingerprint density at radius 2 is 2.44 bits per heavy atom. The molecule has 2 N–H and O–H groups in total. The minimum atomic E-state index is 0.587. The third-order valence-corrected chi connectivity index (χ3v) is 4.49. The zero-order valence-electron chi connectivity index (χ0n) is 10.4. The summed E-state index contributed by atoms with van der Waals surface area (Å²) in [6, 6.07) is 6.19.